The Kier molecular flexibility index (Phi) is 3.03. The molecule has 0 aromatic heterocycles. The molecule has 2 aromatic carbocycles. The van der Waals surface area contributed by atoms with Gasteiger partial charge in [0, 0.05) is 18.2 Å². The number of nitrogens with zero attached hydrogens (tertiary/aromatic N) is 1. The number of anilines is 1. The van der Waals surface area contributed by atoms with Gasteiger partial charge in [0.05, 0.1) is 12.1 Å². The minimum atomic E-state index is -0.823. The molecule has 22 heavy (non-hydrogen) atoms. The summed E-state index contributed by atoms with van der Waals surface area (Å²) in [6, 6.07) is 18.5. The predicted molar refractivity (Wildman–Crippen MR) is 84.8 cm³/mol. The van der Waals surface area contributed by atoms with Crippen molar-refractivity contribution in [1.82, 2.24) is 4.90 Å². The summed E-state index contributed by atoms with van der Waals surface area (Å²) in [5, 5.41) is 13.2. The highest BCUT2D eigenvalue weighted by Crippen LogP contribution is 2.50. The summed E-state index contributed by atoms with van der Waals surface area (Å²) >= 11 is 0. The van der Waals surface area contributed by atoms with E-state index in [1.165, 1.54) is 5.56 Å². The lowest BCUT2D eigenvalue weighted by Crippen LogP contribution is -2.36. The summed E-state index contributed by atoms with van der Waals surface area (Å²) in [5.74, 6) is 0.272. The molecule has 4 heteroatoms. The van der Waals surface area contributed by atoms with E-state index in [9.17, 15) is 9.90 Å². The molecule has 112 valence electrons. The Labute approximate surface area is 129 Å². The molecule has 1 amide bonds. The van der Waals surface area contributed by atoms with Crippen molar-refractivity contribution >= 4 is 11.8 Å². The van der Waals surface area contributed by atoms with Crippen LogP contribution in [-0.2, 0) is 0 Å². The minimum absolute atomic E-state index is 0.0554. The molecule has 0 radical (unpaired) electrons. The van der Waals surface area contributed by atoms with Gasteiger partial charge in [-0.3, -0.25) is 0 Å². The van der Waals surface area contributed by atoms with Crippen LogP contribution in [0.2, 0.25) is 0 Å². The van der Waals surface area contributed by atoms with Gasteiger partial charge in [0.25, 0.3) is 0 Å². The second-order valence-corrected chi connectivity index (χ2v) is 5.99. The number of amides is 1. The zero-order chi connectivity index (χ0) is 15.1. The number of para-hydroxylation sites is 1. The highest BCUT2D eigenvalue weighted by atomic mass is 16.4. The number of benzene rings is 2. The van der Waals surface area contributed by atoms with Crippen LogP contribution >= 0.6 is 0 Å². The molecule has 1 saturated heterocycles. The van der Waals surface area contributed by atoms with E-state index in [0.717, 1.165) is 17.7 Å². The Morgan fingerprint density at radius 1 is 1.09 bits per heavy atom. The number of rotatable bonds is 1. The van der Waals surface area contributed by atoms with Crippen molar-refractivity contribution in [3.63, 3.8) is 0 Å². The van der Waals surface area contributed by atoms with E-state index in [4.69, 9.17) is 0 Å². The molecular weight excluding hydrogens is 276 g/mol. The molecule has 2 heterocycles. The van der Waals surface area contributed by atoms with Crippen molar-refractivity contribution in [2.75, 3.05) is 11.9 Å². The number of carbonyl (C=O) groups is 1. The largest absolute Gasteiger partial charge is 0.465 e. The Bertz CT molecular complexity index is 701. The standard InChI is InChI=1S/C18H18N2O2/c21-18(22)20-11-10-14-16(12-6-2-1-3-7-12)19-15-9-5-4-8-13(15)17(14)20/h1-9,14,16-17,19H,10-11H2,(H,21,22)/t14?,16-,17-/m0/s1. The van der Waals surface area contributed by atoms with Crippen molar-refractivity contribution in [3.05, 3.63) is 65.7 Å². The zero-order valence-corrected chi connectivity index (χ0v) is 12.1. The molecular formula is C18H18N2O2. The van der Waals surface area contributed by atoms with E-state index in [2.05, 4.69) is 17.4 Å². The normalized spacial score (nSPS) is 26.0. The second-order valence-electron chi connectivity index (χ2n) is 5.99. The van der Waals surface area contributed by atoms with Gasteiger partial charge in [0.2, 0.25) is 0 Å². The maximum absolute atomic E-state index is 11.6. The Hall–Kier alpha value is -2.49. The molecule has 3 atom stereocenters. The van der Waals surface area contributed by atoms with E-state index in [0.29, 0.717) is 6.54 Å². The number of fused-ring (bicyclic) bond motifs is 3. The third kappa shape index (κ3) is 1.95. The first-order valence-electron chi connectivity index (χ1n) is 7.65. The molecule has 2 aliphatic rings. The molecule has 4 nitrogen and oxygen atoms in total. The third-order valence-electron chi connectivity index (χ3n) is 4.87. The van der Waals surface area contributed by atoms with Gasteiger partial charge in [-0.05, 0) is 23.6 Å². The summed E-state index contributed by atoms with van der Waals surface area (Å²) in [6.45, 7) is 0.601. The highest BCUT2D eigenvalue weighted by molar-refractivity contribution is 5.69. The fourth-order valence-electron chi connectivity index (χ4n) is 3.93. The summed E-state index contributed by atoms with van der Waals surface area (Å²) in [4.78, 5) is 13.2. The average Bonchev–Trinajstić information content (AvgIpc) is 3.00. The summed E-state index contributed by atoms with van der Waals surface area (Å²) in [7, 11) is 0. The van der Waals surface area contributed by atoms with Crippen molar-refractivity contribution in [3.8, 4) is 0 Å². The Balaban J connectivity index is 1.81. The van der Waals surface area contributed by atoms with Gasteiger partial charge in [-0.2, -0.15) is 0 Å². The average molecular weight is 294 g/mol. The molecule has 2 aromatic rings. The van der Waals surface area contributed by atoms with E-state index in [1.54, 1.807) is 4.90 Å². The van der Waals surface area contributed by atoms with Crippen LogP contribution in [0.5, 0.6) is 0 Å². The topological polar surface area (TPSA) is 52.6 Å². The van der Waals surface area contributed by atoms with Gasteiger partial charge >= 0.3 is 6.09 Å². The van der Waals surface area contributed by atoms with Crippen molar-refractivity contribution in [2.24, 2.45) is 5.92 Å². The van der Waals surface area contributed by atoms with Gasteiger partial charge in [0.1, 0.15) is 0 Å². The SMILES string of the molecule is O=C(O)N1CCC2[C@H](c3ccccc3)Nc3ccccc3[C@@H]21. The predicted octanol–water partition coefficient (Wildman–Crippen LogP) is 3.89. The van der Waals surface area contributed by atoms with E-state index in [-0.39, 0.29) is 18.0 Å². The Morgan fingerprint density at radius 3 is 2.59 bits per heavy atom. The van der Waals surface area contributed by atoms with Crippen LogP contribution in [0.3, 0.4) is 0 Å². The van der Waals surface area contributed by atoms with Crippen LogP contribution < -0.4 is 5.32 Å². The van der Waals surface area contributed by atoms with Crippen LogP contribution in [0.1, 0.15) is 29.6 Å². The molecule has 1 fully saturated rings. The number of hydrogen-bond donors (Lipinski definition) is 2. The van der Waals surface area contributed by atoms with E-state index >= 15 is 0 Å². The van der Waals surface area contributed by atoms with Gasteiger partial charge in [-0.15, -0.1) is 0 Å². The smallest absolute Gasteiger partial charge is 0.407 e. The van der Waals surface area contributed by atoms with E-state index < -0.39 is 6.09 Å². The Morgan fingerprint density at radius 2 is 1.82 bits per heavy atom. The van der Waals surface area contributed by atoms with Gasteiger partial charge in [-0.25, -0.2) is 4.79 Å². The summed E-state index contributed by atoms with van der Waals surface area (Å²) in [6.07, 6.45) is 0.0636. The van der Waals surface area contributed by atoms with Crippen molar-refractivity contribution in [2.45, 2.75) is 18.5 Å². The van der Waals surface area contributed by atoms with Crippen LogP contribution in [0.25, 0.3) is 0 Å². The van der Waals surface area contributed by atoms with Crippen molar-refractivity contribution in [1.29, 1.82) is 0 Å². The first kappa shape index (κ1) is 13.2. The summed E-state index contributed by atoms with van der Waals surface area (Å²) < 4.78 is 0. The van der Waals surface area contributed by atoms with Crippen LogP contribution in [0, 0.1) is 5.92 Å². The van der Waals surface area contributed by atoms with Gasteiger partial charge in [-0.1, -0.05) is 48.5 Å². The zero-order valence-electron chi connectivity index (χ0n) is 12.1. The molecule has 2 aliphatic heterocycles. The van der Waals surface area contributed by atoms with Crippen molar-refractivity contribution < 1.29 is 9.90 Å². The van der Waals surface area contributed by atoms with Gasteiger partial charge in [0.15, 0.2) is 0 Å². The molecule has 2 N–H and O–H groups in total. The van der Waals surface area contributed by atoms with Crippen LogP contribution in [-0.4, -0.2) is 22.6 Å². The summed E-state index contributed by atoms with van der Waals surface area (Å²) in [5.41, 5.74) is 3.37. The van der Waals surface area contributed by atoms with Crippen LogP contribution in [0.15, 0.2) is 54.6 Å². The molecule has 1 unspecified atom stereocenters. The van der Waals surface area contributed by atoms with Crippen LogP contribution in [0.4, 0.5) is 10.5 Å². The lowest BCUT2D eigenvalue weighted by molar-refractivity contribution is 0.132. The number of hydrogen-bond acceptors (Lipinski definition) is 2. The molecule has 0 aliphatic carbocycles. The monoisotopic (exact) mass is 294 g/mol. The number of nitrogens with one attached hydrogen (secondary N) is 1. The maximum atomic E-state index is 11.6. The molecule has 0 saturated carbocycles. The lowest BCUT2D eigenvalue weighted by atomic mass is 9.80. The fourth-order valence-corrected chi connectivity index (χ4v) is 3.93. The number of likely N-dealkylation sites (tertiary alicyclic amines) is 1. The highest BCUT2D eigenvalue weighted by Gasteiger charge is 2.46. The quantitative estimate of drug-likeness (QED) is 0.839. The molecule has 0 spiro atoms. The number of carboxylic acid groups (broad SMARTS) is 1. The molecule has 4 rings (SSSR count). The lowest BCUT2D eigenvalue weighted by Gasteiger charge is -2.39. The molecule has 0 bridgehead atoms. The second kappa shape index (κ2) is 5.05. The minimum Gasteiger partial charge on any atom is -0.465 e. The first-order chi connectivity index (χ1) is 10.8. The van der Waals surface area contributed by atoms with E-state index in [1.807, 2.05) is 42.5 Å². The first-order valence-corrected chi connectivity index (χ1v) is 7.65. The van der Waals surface area contributed by atoms with Gasteiger partial charge < -0.3 is 15.3 Å². The maximum Gasteiger partial charge on any atom is 0.407 e. The fraction of sp³-hybridized carbons (Fsp3) is 0.278. The third-order valence-corrected chi connectivity index (χ3v) is 4.87.